The van der Waals surface area contributed by atoms with Crippen molar-refractivity contribution in [3.63, 3.8) is 0 Å². The molecule has 0 unspecified atom stereocenters. The van der Waals surface area contributed by atoms with Gasteiger partial charge in [-0.05, 0) is 47.5 Å². The molecule has 2 aliphatic rings. The van der Waals surface area contributed by atoms with Crippen molar-refractivity contribution in [1.29, 1.82) is 0 Å². The molecule has 0 aliphatic carbocycles. The van der Waals surface area contributed by atoms with Crippen LogP contribution in [0, 0.1) is 0 Å². The molecular formula is C23H15BrClN5O. The summed E-state index contributed by atoms with van der Waals surface area (Å²) in [7, 11) is 0. The van der Waals surface area contributed by atoms with Crippen LogP contribution in [0.4, 0.5) is 5.95 Å². The average molecular weight is 493 g/mol. The number of hydrogen-bond donors (Lipinski definition) is 1. The van der Waals surface area contributed by atoms with Crippen LogP contribution >= 0.6 is 27.5 Å². The second-order valence-corrected chi connectivity index (χ2v) is 8.71. The van der Waals surface area contributed by atoms with Crippen LogP contribution in [0.2, 0.25) is 5.02 Å². The molecule has 1 N–H and O–H groups in total. The molecule has 0 radical (unpaired) electrons. The molecule has 4 heterocycles. The summed E-state index contributed by atoms with van der Waals surface area (Å²) < 4.78 is 9.46. The van der Waals surface area contributed by atoms with E-state index in [-0.39, 0.29) is 12.1 Å². The maximum absolute atomic E-state index is 6.57. The molecule has 0 saturated heterocycles. The monoisotopic (exact) mass is 491 g/mol. The van der Waals surface area contributed by atoms with Crippen LogP contribution in [0.25, 0.3) is 5.70 Å². The molecule has 0 spiro atoms. The highest BCUT2D eigenvalue weighted by Crippen LogP contribution is 2.50. The van der Waals surface area contributed by atoms with Crippen molar-refractivity contribution in [3.05, 3.63) is 105 Å². The first-order valence-electron chi connectivity index (χ1n) is 9.71. The first-order chi connectivity index (χ1) is 15.2. The molecule has 152 valence electrons. The molecular weight excluding hydrogens is 478 g/mol. The number of ether oxygens (including phenoxy) is 1. The van der Waals surface area contributed by atoms with Crippen molar-refractivity contribution >= 4 is 39.2 Å². The third kappa shape index (κ3) is 3.04. The molecule has 31 heavy (non-hydrogen) atoms. The molecule has 2 aliphatic heterocycles. The second-order valence-electron chi connectivity index (χ2n) is 7.36. The summed E-state index contributed by atoms with van der Waals surface area (Å²) in [6.07, 6.45) is 4.85. The number of halogens is 2. The smallest absolute Gasteiger partial charge is 0.226 e. The zero-order valence-electron chi connectivity index (χ0n) is 16.0. The zero-order chi connectivity index (χ0) is 20.9. The van der Waals surface area contributed by atoms with Gasteiger partial charge in [-0.3, -0.25) is 4.98 Å². The fraction of sp³-hybridized carbons (Fsp3) is 0.0870. The fourth-order valence-electron chi connectivity index (χ4n) is 4.21. The summed E-state index contributed by atoms with van der Waals surface area (Å²) in [5.41, 5.74) is 4.91. The van der Waals surface area contributed by atoms with Gasteiger partial charge in [0.25, 0.3) is 0 Å². The van der Waals surface area contributed by atoms with E-state index in [9.17, 15) is 0 Å². The minimum atomic E-state index is -0.327. The Balaban J connectivity index is 1.64. The number of pyridine rings is 1. The normalized spacial score (nSPS) is 19.0. The highest BCUT2D eigenvalue weighted by molar-refractivity contribution is 9.10. The molecule has 0 amide bonds. The van der Waals surface area contributed by atoms with Crippen LogP contribution in [0.5, 0.6) is 5.75 Å². The Labute approximate surface area is 191 Å². The Morgan fingerprint density at radius 3 is 2.74 bits per heavy atom. The predicted octanol–water partition coefficient (Wildman–Crippen LogP) is 5.65. The third-order valence-corrected chi connectivity index (χ3v) is 6.31. The third-order valence-electron chi connectivity index (χ3n) is 5.55. The molecule has 0 bridgehead atoms. The molecule has 8 heteroatoms. The van der Waals surface area contributed by atoms with Crippen LogP contribution < -0.4 is 10.1 Å². The molecule has 0 saturated carbocycles. The van der Waals surface area contributed by atoms with E-state index in [1.807, 2.05) is 53.3 Å². The molecule has 6 rings (SSSR count). The van der Waals surface area contributed by atoms with E-state index in [0.29, 0.717) is 11.0 Å². The quantitative estimate of drug-likeness (QED) is 0.392. The Morgan fingerprint density at radius 1 is 1.06 bits per heavy atom. The topological polar surface area (TPSA) is 64.9 Å². The molecule has 4 aromatic rings. The van der Waals surface area contributed by atoms with E-state index in [1.54, 1.807) is 12.5 Å². The molecule has 2 aromatic carbocycles. The number of anilines is 1. The van der Waals surface area contributed by atoms with Crippen LogP contribution in [0.3, 0.4) is 0 Å². The maximum Gasteiger partial charge on any atom is 0.226 e. The standard InChI is InChI=1S/C23H15BrClN5O/c24-15-5-3-13(4-6-15)22-19-20(17-10-16(25)7-8-18(17)31-22)29-23-27-12-28-30(23)21(19)14-2-1-9-26-11-14/h1-12,21-22H,(H,27,28,29)/t21-,22-/m0/s1. The van der Waals surface area contributed by atoms with Gasteiger partial charge in [-0.15, -0.1) is 0 Å². The first-order valence-corrected chi connectivity index (χ1v) is 10.9. The number of nitrogens with zero attached hydrogens (tertiary/aromatic N) is 4. The number of hydrogen-bond acceptors (Lipinski definition) is 5. The highest BCUT2D eigenvalue weighted by atomic mass is 79.9. The Bertz CT molecular complexity index is 1320. The van der Waals surface area contributed by atoms with Crippen molar-refractivity contribution in [2.45, 2.75) is 12.1 Å². The van der Waals surface area contributed by atoms with Crippen molar-refractivity contribution in [1.82, 2.24) is 19.7 Å². The van der Waals surface area contributed by atoms with Crippen molar-refractivity contribution in [2.24, 2.45) is 0 Å². The van der Waals surface area contributed by atoms with Gasteiger partial charge in [0.2, 0.25) is 5.95 Å². The Hall–Kier alpha value is -3.16. The predicted molar refractivity (Wildman–Crippen MR) is 122 cm³/mol. The van der Waals surface area contributed by atoms with Gasteiger partial charge in [0.05, 0.1) is 5.70 Å². The van der Waals surface area contributed by atoms with E-state index in [1.165, 1.54) is 0 Å². The number of fused-ring (bicyclic) bond motifs is 3. The zero-order valence-corrected chi connectivity index (χ0v) is 18.4. The lowest BCUT2D eigenvalue weighted by atomic mass is 9.85. The second kappa shape index (κ2) is 7.21. The number of aromatic nitrogens is 4. The van der Waals surface area contributed by atoms with E-state index in [2.05, 4.69) is 48.4 Å². The lowest BCUT2D eigenvalue weighted by Crippen LogP contribution is -2.32. The van der Waals surface area contributed by atoms with E-state index in [0.717, 1.165) is 38.2 Å². The summed E-state index contributed by atoms with van der Waals surface area (Å²) >= 11 is 9.88. The maximum atomic E-state index is 6.57. The molecule has 2 atom stereocenters. The summed E-state index contributed by atoms with van der Waals surface area (Å²) in [6, 6.07) is 17.6. The summed E-state index contributed by atoms with van der Waals surface area (Å²) in [6.45, 7) is 0. The van der Waals surface area contributed by atoms with Gasteiger partial charge in [0, 0.05) is 33.0 Å². The van der Waals surface area contributed by atoms with Gasteiger partial charge in [0.15, 0.2) is 0 Å². The lowest BCUT2D eigenvalue weighted by Gasteiger charge is -2.38. The summed E-state index contributed by atoms with van der Waals surface area (Å²) in [5, 5.41) is 8.63. The van der Waals surface area contributed by atoms with Crippen molar-refractivity contribution in [3.8, 4) is 5.75 Å². The SMILES string of the molecule is Clc1ccc2c(c1)C1=C([C@H](c3ccc(Br)cc3)O2)[C@H](c2cccnc2)n2ncnc2N1. The highest BCUT2D eigenvalue weighted by Gasteiger charge is 2.41. The number of benzene rings is 2. The Kier molecular flexibility index (Phi) is 4.33. The lowest BCUT2D eigenvalue weighted by molar-refractivity contribution is 0.223. The van der Waals surface area contributed by atoms with E-state index < -0.39 is 0 Å². The van der Waals surface area contributed by atoms with Gasteiger partial charge in [-0.1, -0.05) is 45.7 Å². The van der Waals surface area contributed by atoms with Crippen LogP contribution in [-0.2, 0) is 0 Å². The summed E-state index contributed by atoms with van der Waals surface area (Å²) in [5.74, 6) is 1.43. The number of rotatable bonds is 2. The fourth-order valence-corrected chi connectivity index (χ4v) is 4.65. The average Bonchev–Trinajstić information content (AvgIpc) is 3.27. The minimum absolute atomic E-state index is 0.233. The van der Waals surface area contributed by atoms with Crippen LogP contribution in [-0.4, -0.2) is 19.7 Å². The van der Waals surface area contributed by atoms with Gasteiger partial charge < -0.3 is 10.1 Å². The molecule has 0 fully saturated rings. The number of nitrogens with one attached hydrogen (secondary N) is 1. The van der Waals surface area contributed by atoms with Crippen LogP contribution in [0.15, 0.2) is 83.4 Å². The Morgan fingerprint density at radius 2 is 1.94 bits per heavy atom. The minimum Gasteiger partial charge on any atom is -0.480 e. The first kappa shape index (κ1) is 18.6. The van der Waals surface area contributed by atoms with Gasteiger partial charge in [0.1, 0.15) is 24.2 Å². The van der Waals surface area contributed by atoms with Crippen LogP contribution in [0.1, 0.15) is 28.8 Å². The van der Waals surface area contributed by atoms with Gasteiger partial charge >= 0.3 is 0 Å². The van der Waals surface area contributed by atoms with Gasteiger partial charge in [-0.2, -0.15) is 10.1 Å². The van der Waals surface area contributed by atoms with E-state index >= 15 is 0 Å². The largest absolute Gasteiger partial charge is 0.480 e. The molecule has 6 nitrogen and oxygen atoms in total. The summed E-state index contributed by atoms with van der Waals surface area (Å²) in [4.78, 5) is 8.78. The van der Waals surface area contributed by atoms with E-state index in [4.69, 9.17) is 16.3 Å². The van der Waals surface area contributed by atoms with Gasteiger partial charge in [-0.25, -0.2) is 4.68 Å². The molecule has 2 aromatic heterocycles. The van der Waals surface area contributed by atoms with Crippen molar-refractivity contribution < 1.29 is 4.74 Å². The van der Waals surface area contributed by atoms with Crippen molar-refractivity contribution in [2.75, 3.05) is 5.32 Å².